The molecule has 0 spiro atoms. The molecule has 1 fully saturated rings. The van der Waals surface area contributed by atoms with Gasteiger partial charge in [-0.2, -0.15) is 0 Å². The zero-order valence-electron chi connectivity index (χ0n) is 13.9. The standard InChI is InChI=1S/C16H32N2O2/c1-13(2)20-12-6-7-14-8-10-18(11-9-14)16(3,4)15(19)17-5/h13-14H,6-12H2,1-5H3,(H,17,19). The van der Waals surface area contributed by atoms with Crippen LogP contribution in [0.5, 0.6) is 0 Å². The number of likely N-dealkylation sites (tertiary alicyclic amines) is 1. The van der Waals surface area contributed by atoms with Gasteiger partial charge in [-0.15, -0.1) is 0 Å². The van der Waals surface area contributed by atoms with Crippen molar-refractivity contribution in [2.45, 2.75) is 65.0 Å². The first-order valence-electron chi connectivity index (χ1n) is 7.96. The van der Waals surface area contributed by atoms with Crippen molar-refractivity contribution >= 4 is 5.91 Å². The number of nitrogens with one attached hydrogen (secondary N) is 1. The molecule has 4 heteroatoms. The molecule has 0 saturated carbocycles. The van der Waals surface area contributed by atoms with Gasteiger partial charge in [-0.05, 0) is 72.4 Å². The number of ether oxygens (including phenoxy) is 1. The first-order chi connectivity index (χ1) is 9.37. The Morgan fingerprint density at radius 2 is 1.95 bits per heavy atom. The van der Waals surface area contributed by atoms with Gasteiger partial charge in [0.15, 0.2) is 0 Å². The molecular weight excluding hydrogens is 252 g/mol. The molecule has 1 aliphatic rings. The molecule has 1 amide bonds. The number of hydrogen-bond acceptors (Lipinski definition) is 3. The second-order valence-corrected chi connectivity index (χ2v) is 6.63. The summed E-state index contributed by atoms with van der Waals surface area (Å²) in [4.78, 5) is 14.2. The molecule has 0 aromatic heterocycles. The molecular formula is C16H32N2O2. The quantitative estimate of drug-likeness (QED) is 0.730. The minimum Gasteiger partial charge on any atom is -0.379 e. The Hall–Kier alpha value is -0.610. The number of piperidine rings is 1. The van der Waals surface area contributed by atoms with E-state index >= 15 is 0 Å². The highest BCUT2D eigenvalue weighted by atomic mass is 16.5. The van der Waals surface area contributed by atoms with Crippen LogP contribution in [0.3, 0.4) is 0 Å². The van der Waals surface area contributed by atoms with Gasteiger partial charge < -0.3 is 10.1 Å². The highest BCUT2D eigenvalue weighted by Gasteiger charge is 2.35. The average Bonchev–Trinajstić information content (AvgIpc) is 2.43. The Bertz CT molecular complexity index is 295. The van der Waals surface area contributed by atoms with E-state index in [1.54, 1.807) is 7.05 Å². The molecule has 0 unspecified atom stereocenters. The van der Waals surface area contributed by atoms with Crippen molar-refractivity contribution < 1.29 is 9.53 Å². The molecule has 0 aromatic rings. The summed E-state index contributed by atoms with van der Waals surface area (Å²) in [5.41, 5.74) is -0.388. The fourth-order valence-electron chi connectivity index (χ4n) is 2.92. The van der Waals surface area contributed by atoms with Crippen LogP contribution in [0.2, 0.25) is 0 Å². The SMILES string of the molecule is CNC(=O)C(C)(C)N1CCC(CCCOC(C)C)CC1. The van der Waals surface area contributed by atoms with Crippen LogP contribution in [0.1, 0.15) is 53.4 Å². The van der Waals surface area contributed by atoms with Crippen molar-refractivity contribution in [3.05, 3.63) is 0 Å². The number of hydrogen-bond donors (Lipinski definition) is 1. The third kappa shape index (κ3) is 5.06. The maximum absolute atomic E-state index is 11.9. The molecule has 4 nitrogen and oxygen atoms in total. The number of likely N-dealkylation sites (N-methyl/N-ethyl adjacent to an activating group) is 1. The van der Waals surface area contributed by atoms with Crippen LogP contribution in [-0.2, 0) is 9.53 Å². The van der Waals surface area contributed by atoms with Crippen LogP contribution in [0.4, 0.5) is 0 Å². The smallest absolute Gasteiger partial charge is 0.239 e. The molecule has 1 heterocycles. The summed E-state index contributed by atoms with van der Waals surface area (Å²) in [6, 6.07) is 0. The van der Waals surface area contributed by atoms with Crippen LogP contribution in [0, 0.1) is 5.92 Å². The van der Waals surface area contributed by atoms with Gasteiger partial charge in [0.1, 0.15) is 0 Å². The maximum Gasteiger partial charge on any atom is 0.239 e. The average molecular weight is 284 g/mol. The first-order valence-corrected chi connectivity index (χ1v) is 7.96. The predicted octanol–water partition coefficient (Wildman–Crippen LogP) is 2.43. The topological polar surface area (TPSA) is 41.6 Å². The van der Waals surface area contributed by atoms with Gasteiger partial charge in [-0.1, -0.05) is 0 Å². The van der Waals surface area contributed by atoms with Crippen LogP contribution < -0.4 is 5.32 Å². The predicted molar refractivity (Wildman–Crippen MR) is 82.8 cm³/mol. The molecule has 1 saturated heterocycles. The Kier molecular flexibility index (Phi) is 6.96. The van der Waals surface area contributed by atoms with Crippen LogP contribution in [0.25, 0.3) is 0 Å². The summed E-state index contributed by atoms with van der Waals surface area (Å²) < 4.78 is 5.59. The summed E-state index contributed by atoms with van der Waals surface area (Å²) >= 11 is 0. The van der Waals surface area contributed by atoms with Crippen molar-refractivity contribution in [1.29, 1.82) is 0 Å². The van der Waals surface area contributed by atoms with Crippen LogP contribution >= 0.6 is 0 Å². The highest BCUT2D eigenvalue weighted by Crippen LogP contribution is 2.27. The molecule has 118 valence electrons. The fraction of sp³-hybridized carbons (Fsp3) is 0.938. The molecule has 0 atom stereocenters. The van der Waals surface area contributed by atoms with E-state index in [9.17, 15) is 4.79 Å². The zero-order valence-corrected chi connectivity index (χ0v) is 13.9. The van der Waals surface area contributed by atoms with Crippen molar-refractivity contribution in [2.75, 3.05) is 26.7 Å². The van der Waals surface area contributed by atoms with Crippen molar-refractivity contribution in [2.24, 2.45) is 5.92 Å². The van der Waals surface area contributed by atoms with Gasteiger partial charge in [-0.25, -0.2) is 0 Å². The first kappa shape index (κ1) is 17.4. The largest absolute Gasteiger partial charge is 0.379 e. The Balaban J connectivity index is 2.28. The van der Waals surface area contributed by atoms with Crippen molar-refractivity contribution in [1.82, 2.24) is 10.2 Å². The van der Waals surface area contributed by atoms with E-state index in [0.717, 1.165) is 32.0 Å². The van der Waals surface area contributed by atoms with Gasteiger partial charge in [0.25, 0.3) is 0 Å². The van der Waals surface area contributed by atoms with E-state index in [2.05, 4.69) is 24.1 Å². The molecule has 0 aromatic carbocycles. The van der Waals surface area contributed by atoms with E-state index in [1.165, 1.54) is 19.3 Å². The monoisotopic (exact) mass is 284 g/mol. The minimum absolute atomic E-state index is 0.112. The highest BCUT2D eigenvalue weighted by molar-refractivity contribution is 5.85. The Labute approximate surface area is 124 Å². The summed E-state index contributed by atoms with van der Waals surface area (Å²) in [6.07, 6.45) is 5.14. The van der Waals surface area contributed by atoms with Gasteiger partial charge in [0, 0.05) is 13.7 Å². The van der Waals surface area contributed by atoms with Crippen molar-refractivity contribution in [3.63, 3.8) is 0 Å². The zero-order chi connectivity index (χ0) is 15.2. The summed E-state index contributed by atoms with van der Waals surface area (Å²) in [7, 11) is 1.71. The molecule has 1 N–H and O–H groups in total. The van der Waals surface area contributed by atoms with E-state index in [4.69, 9.17) is 4.74 Å². The number of carbonyl (C=O) groups excluding carboxylic acids is 1. The normalized spacial score (nSPS) is 18.5. The van der Waals surface area contributed by atoms with Crippen LogP contribution in [-0.4, -0.2) is 49.2 Å². The molecule has 0 radical (unpaired) electrons. The van der Waals surface area contributed by atoms with E-state index in [1.807, 2.05) is 13.8 Å². The number of rotatable bonds is 7. The van der Waals surface area contributed by atoms with E-state index in [0.29, 0.717) is 6.10 Å². The summed E-state index contributed by atoms with van der Waals surface area (Å²) in [6.45, 7) is 11.1. The van der Waals surface area contributed by atoms with Crippen LogP contribution in [0.15, 0.2) is 0 Å². The molecule has 1 aliphatic heterocycles. The van der Waals surface area contributed by atoms with Gasteiger partial charge in [0.2, 0.25) is 5.91 Å². The second-order valence-electron chi connectivity index (χ2n) is 6.63. The third-order valence-corrected chi connectivity index (χ3v) is 4.40. The lowest BCUT2D eigenvalue weighted by Crippen LogP contribution is -2.56. The van der Waals surface area contributed by atoms with E-state index in [-0.39, 0.29) is 11.4 Å². The molecule has 1 rings (SSSR count). The third-order valence-electron chi connectivity index (χ3n) is 4.40. The van der Waals surface area contributed by atoms with Gasteiger partial charge >= 0.3 is 0 Å². The lowest BCUT2D eigenvalue weighted by Gasteiger charge is -2.41. The molecule has 20 heavy (non-hydrogen) atoms. The maximum atomic E-state index is 11.9. The van der Waals surface area contributed by atoms with Gasteiger partial charge in [0.05, 0.1) is 11.6 Å². The van der Waals surface area contributed by atoms with Gasteiger partial charge in [-0.3, -0.25) is 9.69 Å². The lowest BCUT2D eigenvalue weighted by molar-refractivity contribution is -0.132. The lowest BCUT2D eigenvalue weighted by atomic mass is 9.89. The number of amides is 1. The number of carbonyl (C=O) groups is 1. The second kappa shape index (κ2) is 7.99. The molecule has 0 aliphatic carbocycles. The number of nitrogens with zero attached hydrogens (tertiary/aromatic N) is 1. The Morgan fingerprint density at radius 1 is 1.35 bits per heavy atom. The molecule has 0 bridgehead atoms. The van der Waals surface area contributed by atoms with Crippen molar-refractivity contribution in [3.8, 4) is 0 Å². The Morgan fingerprint density at radius 3 is 2.45 bits per heavy atom. The summed E-state index contributed by atoms with van der Waals surface area (Å²) in [5.74, 6) is 0.906. The summed E-state index contributed by atoms with van der Waals surface area (Å²) in [5, 5.41) is 2.77. The minimum atomic E-state index is -0.388. The van der Waals surface area contributed by atoms with E-state index < -0.39 is 0 Å². The fourth-order valence-corrected chi connectivity index (χ4v) is 2.92.